The van der Waals surface area contributed by atoms with Gasteiger partial charge in [0.25, 0.3) is 5.91 Å². The van der Waals surface area contributed by atoms with E-state index in [1.807, 2.05) is 0 Å². The molecule has 0 fully saturated rings. The fourth-order valence-corrected chi connectivity index (χ4v) is 2.33. The first kappa shape index (κ1) is 16.5. The van der Waals surface area contributed by atoms with Crippen LogP contribution in [0, 0.1) is 5.41 Å². The summed E-state index contributed by atoms with van der Waals surface area (Å²) in [4.78, 5) is 12.1. The lowest BCUT2D eigenvalue weighted by molar-refractivity contribution is 0.0932. The molecule has 2 N–H and O–H groups in total. The summed E-state index contributed by atoms with van der Waals surface area (Å²) < 4.78 is 0.725. The molecule has 0 aliphatic heterocycles. The predicted octanol–water partition coefficient (Wildman–Crippen LogP) is 3.63. The highest BCUT2D eigenvalue weighted by Crippen LogP contribution is 2.23. The molecule has 0 aromatic heterocycles. The number of nitrogens with one attached hydrogen (secondary N) is 1. The summed E-state index contributed by atoms with van der Waals surface area (Å²) in [5, 5.41) is 12.3. The quantitative estimate of drug-likeness (QED) is 0.824. The van der Waals surface area contributed by atoms with Crippen molar-refractivity contribution in [2.75, 3.05) is 13.2 Å². The molecule has 0 bridgehead atoms. The first-order valence-electron chi connectivity index (χ1n) is 6.20. The molecule has 0 aliphatic rings. The molecule has 1 aromatic carbocycles. The van der Waals surface area contributed by atoms with Crippen LogP contribution in [0.1, 0.15) is 37.0 Å². The Labute approximate surface area is 127 Å². The molecule has 19 heavy (non-hydrogen) atoms. The fourth-order valence-electron chi connectivity index (χ4n) is 1.73. The SMILES string of the molecule is CC(C)(CCCO)CNC(=O)c1cc(Cl)ccc1Br. The van der Waals surface area contributed by atoms with Crippen LogP contribution in [0.15, 0.2) is 22.7 Å². The molecule has 0 radical (unpaired) electrons. The van der Waals surface area contributed by atoms with Gasteiger partial charge >= 0.3 is 0 Å². The second kappa shape index (κ2) is 7.27. The van der Waals surface area contributed by atoms with E-state index in [1.165, 1.54) is 0 Å². The molecule has 5 heteroatoms. The Hall–Kier alpha value is -0.580. The molecule has 0 saturated carbocycles. The number of hydrogen-bond donors (Lipinski definition) is 2. The zero-order valence-electron chi connectivity index (χ0n) is 11.2. The molecule has 0 heterocycles. The standard InChI is InChI=1S/C14H19BrClNO2/c1-14(2,6-3-7-18)9-17-13(19)11-8-10(16)4-5-12(11)15/h4-5,8,18H,3,6-7,9H2,1-2H3,(H,17,19). The molecule has 0 spiro atoms. The second-order valence-corrected chi connectivity index (χ2v) is 6.59. The lowest BCUT2D eigenvalue weighted by Gasteiger charge is -2.24. The van der Waals surface area contributed by atoms with E-state index in [2.05, 4.69) is 35.1 Å². The van der Waals surface area contributed by atoms with Crippen LogP contribution in [0.2, 0.25) is 5.02 Å². The highest BCUT2D eigenvalue weighted by molar-refractivity contribution is 9.10. The zero-order valence-corrected chi connectivity index (χ0v) is 13.5. The Morgan fingerprint density at radius 2 is 2.16 bits per heavy atom. The van der Waals surface area contributed by atoms with Crippen molar-refractivity contribution in [3.8, 4) is 0 Å². The topological polar surface area (TPSA) is 49.3 Å². The van der Waals surface area contributed by atoms with Crippen molar-refractivity contribution >= 4 is 33.4 Å². The molecule has 0 aliphatic carbocycles. The van der Waals surface area contributed by atoms with E-state index in [0.29, 0.717) is 17.1 Å². The minimum absolute atomic E-state index is 0.0383. The van der Waals surface area contributed by atoms with Crippen LogP contribution in [0.3, 0.4) is 0 Å². The Kier molecular flexibility index (Phi) is 6.30. The van der Waals surface area contributed by atoms with E-state index >= 15 is 0 Å². The van der Waals surface area contributed by atoms with Gasteiger partial charge in [0.2, 0.25) is 0 Å². The number of carbonyl (C=O) groups excluding carboxylic acids is 1. The van der Waals surface area contributed by atoms with Crippen LogP contribution in [0.5, 0.6) is 0 Å². The number of aliphatic hydroxyl groups is 1. The van der Waals surface area contributed by atoms with Gasteiger partial charge in [0.1, 0.15) is 0 Å². The third kappa shape index (κ3) is 5.51. The summed E-state index contributed by atoms with van der Waals surface area (Å²) in [6, 6.07) is 5.13. The molecule has 1 aromatic rings. The van der Waals surface area contributed by atoms with Crippen LogP contribution in [-0.2, 0) is 0 Å². The van der Waals surface area contributed by atoms with Gasteiger partial charge in [0, 0.05) is 22.6 Å². The summed E-state index contributed by atoms with van der Waals surface area (Å²) in [7, 11) is 0. The molecule has 3 nitrogen and oxygen atoms in total. The number of benzene rings is 1. The largest absolute Gasteiger partial charge is 0.396 e. The Morgan fingerprint density at radius 1 is 1.47 bits per heavy atom. The van der Waals surface area contributed by atoms with Gasteiger partial charge in [-0.3, -0.25) is 4.79 Å². The van der Waals surface area contributed by atoms with Crippen LogP contribution in [0.25, 0.3) is 0 Å². The van der Waals surface area contributed by atoms with Crippen molar-refractivity contribution in [1.29, 1.82) is 0 Å². The van der Waals surface area contributed by atoms with Gasteiger partial charge in [-0.1, -0.05) is 25.4 Å². The lowest BCUT2D eigenvalue weighted by atomic mass is 9.88. The van der Waals surface area contributed by atoms with Crippen molar-refractivity contribution in [2.24, 2.45) is 5.41 Å². The average Bonchev–Trinajstić information content (AvgIpc) is 2.36. The summed E-state index contributed by atoms with van der Waals surface area (Å²) in [5.74, 6) is -0.147. The summed E-state index contributed by atoms with van der Waals surface area (Å²) in [6.07, 6.45) is 1.60. The minimum atomic E-state index is -0.147. The Bertz CT molecular complexity index is 449. The predicted molar refractivity (Wildman–Crippen MR) is 81.6 cm³/mol. The first-order chi connectivity index (χ1) is 8.85. The van der Waals surface area contributed by atoms with Crippen molar-refractivity contribution in [1.82, 2.24) is 5.32 Å². The van der Waals surface area contributed by atoms with Crippen LogP contribution >= 0.6 is 27.5 Å². The highest BCUT2D eigenvalue weighted by Gasteiger charge is 2.19. The monoisotopic (exact) mass is 347 g/mol. The molecule has 0 saturated heterocycles. The molecule has 106 valence electrons. The molecule has 0 atom stereocenters. The minimum Gasteiger partial charge on any atom is -0.396 e. The normalized spacial score (nSPS) is 11.4. The van der Waals surface area contributed by atoms with E-state index in [1.54, 1.807) is 18.2 Å². The molecule has 1 amide bonds. The van der Waals surface area contributed by atoms with E-state index in [0.717, 1.165) is 17.3 Å². The summed E-state index contributed by atoms with van der Waals surface area (Å²) in [5.41, 5.74) is 0.495. The highest BCUT2D eigenvalue weighted by atomic mass is 79.9. The van der Waals surface area contributed by atoms with Gasteiger partial charge in [-0.2, -0.15) is 0 Å². The molecular formula is C14H19BrClNO2. The van der Waals surface area contributed by atoms with Crippen molar-refractivity contribution < 1.29 is 9.90 Å². The third-order valence-electron chi connectivity index (χ3n) is 2.91. The van der Waals surface area contributed by atoms with Gasteiger partial charge in [0.05, 0.1) is 5.56 Å². The van der Waals surface area contributed by atoms with Crippen molar-refractivity contribution in [2.45, 2.75) is 26.7 Å². The number of rotatable bonds is 6. The maximum Gasteiger partial charge on any atom is 0.252 e. The van der Waals surface area contributed by atoms with Gasteiger partial charge in [-0.25, -0.2) is 0 Å². The van der Waals surface area contributed by atoms with E-state index in [-0.39, 0.29) is 17.9 Å². The Morgan fingerprint density at radius 3 is 2.79 bits per heavy atom. The maximum absolute atomic E-state index is 12.1. The number of halogens is 2. The third-order valence-corrected chi connectivity index (χ3v) is 3.84. The van der Waals surface area contributed by atoms with Gasteiger partial charge in [0.15, 0.2) is 0 Å². The smallest absolute Gasteiger partial charge is 0.252 e. The fraction of sp³-hybridized carbons (Fsp3) is 0.500. The Balaban J connectivity index is 2.62. The van der Waals surface area contributed by atoms with Crippen LogP contribution in [0.4, 0.5) is 0 Å². The second-order valence-electron chi connectivity index (χ2n) is 5.30. The van der Waals surface area contributed by atoms with Crippen LogP contribution in [-0.4, -0.2) is 24.2 Å². The van der Waals surface area contributed by atoms with E-state index in [4.69, 9.17) is 16.7 Å². The van der Waals surface area contributed by atoms with Crippen molar-refractivity contribution in [3.05, 3.63) is 33.3 Å². The maximum atomic E-state index is 12.1. The van der Waals surface area contributed by atoms with Gasteiger partial charge in [-0.05, 0) is 52.4 Å². The summed E-state index contributed by atoms with van der Waals surface area (Å²) >= 11 is 9.23. The first-order valence-corrected chi connectivity index (χ1v) is 7.37. The number of hydrogen-bond acceptors (Lipinski definition) is 2. The number of aliphatic hydroxyl groups excluding tert-OH is 1. The van der Waals surface area contributed by atoms with Crippen molar-refractivity contribution in [3.63, 3.8) is 0 Å². The zero-order chi connectivity index (χ0) is 14.5. The van der Waals surface area contributed by atoms with Gasteiger partial charge in [-0.15, -0.1) is 0 Å². The summed E-state index contributed by atoms with van der Waals surface area (Å²) in [6.45, 7) is 4.87. The molecular weight excluding hydrogens is 330 g/mol. The van der Waals surface area contributed by atoms with E-state index in [9.17, 15) is 4.79 Å². The van der Waals surface area contributed by atoms with Crippen LogP contribution < -0.4 is 5.32 Å². The van der Waals surface area contributed by atoms with Gasteiger partial charge < -0.3 is 10.4 Å². The number of amides is 1. The number of carbonyl (C=O) groups is 1. The lowest BCUT2D eigenvalue weighted by Crippen LogP contribution is -2.34. The van der Waals surface area contributed by atoms with E-state index < -0.39 is 0 Å². The molecule has 1 rings (SSSR count). The molecule has 0 unspecified atom stereocenters. The average molecular weight is 349 g/mol.